The number of carbonyl (C=O) groups is 2. The second kappa shape index (κ2) is 8.39. The summed E-state index contributed by atoms with van der Waals surface area (Å²) in [5.41, 5.74) is 2.83. The number of rotatable bonds is 5. The second-order valence-electron chi connectivity index (χ2n) is 7.45. The molecule has 4 rings (SSSR count). The first-order chi connectivity index (χ1) is 14.5. The Hall–Kier alpha value is -3.00. The van der Waals surface area contributed by atoms with Crippen molar-refractivity contribution in [2.45, 2.75) is 45.6 Å². The Morgan fingerprint density at radius 3 is 2.87 bits per heavy atom. The summed E-state index contributed by atoms with van der Waals surface area (Å²) in [6.45, 7) is 2.09. The van der Waals surface area contributed by atoms with Crippen LogP contribution in [0.2, 0.25) is 0 Å². The lowest BCUT2D eigenvalue weighted by atomic mass is 9.97. The first-order valence-electron chi connectivity index (χ1n) is 9.96. The molecule has 8 heteroatoms. The Kier molecular flexibility index (Phi) is 5.67. The van der Waals surface area contributed by atoms with Crippen molar-refractivity contribution < 1.29 is 14.3 Å². The summed E-state index contributed by atoms with van der Waals surface area (Å²) < 4.78 is 6.24. The Labute approximate surface area is 177 Å². The molecule has 2 aromatic heterocycles. The van der Waals surface area contributed by atoms with E-state index in [0.717, 1.165) is 47.0 Å². The standard InChI is InChI=1S/C22H23N3O4S/c1-13-7-8-14(22(28)29-2)11-16(13)24-18(26)9-10-25-12-23-20-19(21(25)27)15-5-3-4-6-17(15)30-20/h7-8,11-12H,3-6,9-10H2,1-2H3,(H,24,26). The number of benzene rings is 1. The fourth-order valence-electron chi connectivity index (χ4n) is 3.78. The highest BCUT2D eigenvalue weighted by Gasteiger charge is 2.20. The van der Waals surface area contributed by atoms with Gasteiger partial charge in [0.2, 0.25) is 5.91 Å². The molecular weight excluding hydrogens is 402 g/mol. The van der Waals surface area contributed by atoms with E-state index in [1.54, 1.807) is 29.5 Å². The largest absolute Gasteiger partial charge is 0.465 e. The van der Waals surface area contributed by atoms with Crippen LogP contribution < -0.4 is 10.9 Å². The number of ether oxygens (including phenoxy) is 1. The minimum atomic E-state index is -0.462. The predicted molar refractivity (Wildman–Crippen MR) is 116 cm³/mol. The van der Waals surface area contributed by atoms with Gasteiger partial charge >= 0.3 is 5.97 Å². The van der Waals surface area contributed by atoms with Crippen LogP contribution in [0.15, 0.2) is 29.3 Å². The first kappa shape index (κ1) is 20.3. The minimum absolute atomic E-state index is 0.0731. The minimum Gasteiger partial charge on any atom is -0.465 e. The van der Waals surface area contributed by atoms with Crippen molar-refractivity contribution in [1.82, 2.24) is 9.55 Å². The maximum Gasteiger partial charge on any atom is 0.337 e. The number of thiophene rings is 1. The molecule has 1 aromatic carbocycles. The summed E-state index contributed by atoms with van der Waals surface area (Å²) >= 11 is 1.61. The highest BCUT2D eigenvalue weighted by atomic mass is 32.1. The van der Waals surface area contributed by atoms with Crippen LogP contribution in [-0.4, -0.2) is 28.5 Å². The average Bonchev–Trinajstić information content (AvgIpc) is 3.13. The van der Waals surface area contributed by atoms with Crippen molar-refractivity contribution in [1.29, 1.82) is 0 Å². The summed E-state index contributed by atoms with van der Waals surface area (Å²) in [7, 11) is 1.31. The van der Waals surface area contributed by atoms with E-state index in [-0.39, 0.29) is 24.4 Å². The summed E-state index contributed by atoms with van der Waals surface area (Å²) in [5.74, 6) is -0.699. The van der Waals surface area contributed by atoms with E-state index in [2.05, 4.69) is 10.3 Å². The van der Waals surface area contributed by atoms with Crippen molar-refractivity contribution >= 4 is 39.1 Å². The number of methoxy groups -OCH3 is 1. The van der Waals surface area contributed by atoms with Gasteiger partial charge in [-0.15, -0.1) is 11.3 Å². The molecule has 1 N–H and O–H groups in total. The van der Waals surface area contributed by atoms with Gasteiger partial charge in [0.1, 0.15) is 4.83 Å². The lowest BCUT2D eigenvalue weighted by Gasteiger charge is -2.11. The summed E-state index contributed by atoms with van der Waals surface area (Å²) in [4.78, 5) is 43.7. The first-order valence-corrected chi connectivity index (χ1v) is 10.8. The number of hydrogen-bond donors (Lipinski definition) is 1. The Balaban J connectivity index is 1.49. The van der Waals surface area contributed by atoms with Gasteiger partial charge in [0, 0.05) is 23.5 Å². The number of aromatic nitrogens is 2. The Morgan fingerprint density at radius 2 is 2.07 bits per heavy atom. The zero-order valence-electron chi connectivity index (χ0n) is 17.0. The van der Waals surface area contributed by atoms with Gasteiger partial charge in [0.25, 0.3) is 5.56 Å². The van der Waals surface area contributed by atoms with Crippen molar-refractivity contribution in [3.63, 3.8) is 0 Å². The predicted octanol–water partition coefficient (Wildman–Crippen LogP) is 3.46. The topological polar surface area (TPSA) is 90.3 Å². The number of esters is 1. The quantitative estimate of drug-likeness (QED) is 0.632. The van der Waals surface area contributed by atoms with Gasteiger partial charge in [-0.2, -0.15) is 0 Å². The molecular formula is C22H23N3O4S. The highest BCUT2D eigenvalue weighted by molar-refractivity contribution is 7.18. The molecule has 1 amide bonds. The SMILES string of the molecule is COC(=O)c1ccc(C)c(NC(=O)CCn2cnc3sc4c(c3c2=O)CCCC4)c1. The van der Waals surface area contributed by atoms with Crippen LogP contribution in [-0.2, 0) is 28.9 Å². The Bertz CT molecular complexity index is 1200. The summed E-state index contributed by atoms with van der Waals surface area (Å²) in [6.07, 6.45) is 5.85. The number of amides is 1. The van der Waals surface area contributed by atoms with Crippen molar-refractivity contribution in [2.24, 2.45) is 0 Å². The number of nitrogens with one attached hydrogen (secondary N) is 1. The number of hydrogen-bond acceptors (Lipinski definition) is 6. The van der Waals surface area contributed by atoms with E-state index in [1.165, 1.54) is 22.9 Å². The van der Waals surface area contributed by atoms with Gasteiger partial charge in [-0.1, -0.05) is 6.07 Å². The van der Waals surface area contributed by atoms with E-state index in [0.29, 0.717) is 11.3 Å². The maximum atomic E-state index is 13.0. The number of aryl methyl sites for hydroxylation is 4. The molecule has 0 bridgehead atoms. The third-order valence-electron chi connectivity index (χ3n) is 5.45. The van der Waals surface area contributed by atoms with Crippen LogP contribution in [0.5, 0.6) is 0 Å². The molecule has 0 fully saturated rings. The molecule has 3 aromatic rings. The van der Waals surface area contributed by atoms with Crippen molar-refractivity contribution in [2.75, 3.05) is 12.4 Å². The fraction of sp³-hybridized carbons (Fsp3) is 0.364. The molecule has 0 aliphatic heterocycles. The molecule has 2 heterocycles. The number of fused-ring (bicyclic) bond motifs is 3. The third kappa shape index (κ3) is 3.87. The van der Waals surface area contributed by atoms with Crippen LogP contribution in [0.1, 0.15) is 45.6 Å². The fourth-order valence-corrected chi connectivity index (χ4v) is 5.00. The molecule has 0 spiro atoms. The van der Waals surface area contributed by atoms with Crippen LogP contribution in [0, 0.1) is 6.92 Å². The number of nitrogens with zero attached hydrogens (tertiary/aromatic N) is 2. The molecule has 0 saturated heterocycles. The monoisotopic (exact) mass is 425 g/mol. The zero-order valence-corrected chi connectivity index (χ0v) is 17.8. The zero-order chi connectivity index (χ0) is 21.3. The number of carbonyl (C=O) groups excluding carboxylic acids is 2. The molecule has 156 valence electrons. The summed E-state index contributed by atoms with van der Waals surface area (Å²) in [6, 6.07) is 5.00. The molecule has 0 atom stereocenters. The van der Waals surface area contributed by atoms with Crippen molar-refractivity contribution in [3.05, 3.63) is 56.4 Å². The van der Waals surface area contributed by atoms with Crippen LogP contribution in [0.4, 0.5) is 5.69 Å². The van der Waals surface area contributed by atoms with Crippen LogP contribution >= 0.6 is 11.3 Å². The van der Waals surface area contributed by atoms with E-state index < -0.39 is 5.97 Å². The van der Waals surface area contributed by atoms with Gasteiger partial charge in [-0.25, -0.2) is 9.78 Å². The molecule has 30 heavy (non-hydrogen) atoms. The lowest BCUT2D eigenvalue weighted by molar-refractivity contribution is -0.116. The lowest BCUT2D eigenvalue weighted by Crippen LogP contribution is -2.24. The Morgan fingerprint density at radius 1 is 1.27 bits per heavy atom. The van der Waals surface area contributed by atoms with Gasteiger partial charge in [0.15, 0.2) is 0 Å². The van der Waals surface area contributed by atoms with E-state index in [4.69, 9.17) is 4.74 Å². The van der Waals surface area contributed by atoms with Crippen molar-refractivity contribution in [3.8, 4) is 0 Å². The highest BCUT2D eigenvalue weighted by Crippen LogP contribution is 2.33. The molecule has 1 aliphatic carbocycles. The smallest absolute Gasteiger partial charge is 0.337 e. The normalized spacial score (nSPS) is 13.1. The van der Waals surface area contributed by atoms with E-state index >= 15 is 0 Å². The van der Waals surface area contributed by atoms with E-state index in [1.807, 2.05) is 6.92 Å². The summed E-state index contributed by atoms with van der Waals surface area (Å²) in [5, 5.41) is 3.54. The van der Waals surface area contributed by atoms with Crippen LogP contribution in [0.25, 0.3) is 10.2 Å². The van der Waals surface area contributed by atoms with Gasteiger partial charge < -0.3 is 10.1 Å². The van der Waals surface area contributed by atoms with Gasteiger partial charge in [-0.05, 0) is 55.9 Å². The second-order valence-corrected chi connectivity index (χ2v) is 8.54. The van der Waals surface area contributed by atoms with Gasteiger partial charge in [0.05, 0.1) is 24.4 Å². The molecule has 1 aliphatic rings. The third-order valence-corrected chi connectivity index (χ3v) is 6.65. The van der Waals surface area contributed by atoms with Gasteiger partial charge in [-0.3, -0.25) is 14.2 Å². The van der Waals surface area contributed by atoms with Crippen LogP contribution in [0.3, 0.4) is 0 Å². The number of anilines is 1. The average molecular weight is 426 g/mol. The van der Waals surface area contributed by atoms with E-state index in [9.17, 15) is 14.4 Å². The molecule has 0 radical (unpaired) electrons. The molecule has 0 unspecified atom stereocenters. The molecule has 7 nitrogen and oxygen atoms in total. The maximum absolute atomic E-state index is 13.0. The molecule has 0 saturated carbocycles.